The van der Waals surface area contributed by atoms with E-state index >= 15 is 0 Å². The summed E-state index contributed by atoms with van der Waals surface area (Å²) in [7, 11) is 0. The number of hydrogen-bond acceptors (Lipinski definition) is 4. The third-order valence-electron chi connectivity index (χ3n) is 3.27. The van der Waals surface area contributed by atoms with Crippen molar-refractivity contribution in [3.05, 3.63) is 34.1 Å². The van der Waals surface area contributed by atoms with Gasteiger partial charge in [0, 0.05) is 6.54 Å². The molecule has 2 unspecified atom stereocenters. The zero-order chi connectivity index (χ0) is 14.0. The Morgan fingerprint density at radius 3 is 2.84 bits per heavy atom. The molecule has 2 rings (SSSR count). The average Bonchev–Trinajstić information content (AvgIpc) is 2.77. The normalized spacial score (nSPS) is 22.2. The van der Waals surface area contributed by atoms with Gasteiger partial charge in [-0.2, -0.15) is 0 Å². The van der Waals surface area contributed by atoms with E-state index in [9.17, 15) is 19.3 Å². The molecule has 1 saturated heterocycles. The Bertz CT molecular complexity index is 521. The Morgan fingerprint density at radius 2 is 2.26 bits per heavy atom. The van der Waals surface area contributed by atoms with E-state index in [1.54, 1.807) is 0 Å². The second-order valence-corrected chi connectivity index (χ2v) is 4.65. The molecule has 1 fully saturated rings. The number of benzene rings is 1. The molecule has 7 heteroatoms. The first-order chi connectivity index (χ1) is 8.99. The van der Waals surface area contributed by atoms with Crippen molar-refractivity contribution in [1.82, 2.24) is 5.32 Å². The second kappa shape index (κ2) is 5.31. The van der Waals surface area contributed by atoms with Crippen LogP contribution in [-0.4, -0.2) is 23.9 Å². The fourth-order valence-electron chi connectivity index (χ4n) is 2.15. The smallest absolute Gasteiger partial charge is 0.295 e. The number of rotatable bonds is 3. The van der Waals surface area contributed by atoms with E-state index in [-0.39, 0.29) is 23.4 Å². The van der Waals surface area contributed by atoms with Crippen LogP contribution in [0.25, 0.3) is 0 Å². The Labute approximate surface area is 109 Å². The highest BCUT2D eigenvalue weighted by molar-refractivity contribution is 5.95. The first kappa shape index (κ1) is 13.4. The van der Waals surface area contributed by atoms with Gasteiger partial charge in [-0.15, -0.1) is 0 Å². The lowest BCUT2D eigenvalue weighted by molar-refractivity contribution is -0.384. The number of nitrogens with one attached hydrogen (secondary N) is 2. The van der Waals surface area contributed by atoms with E-state index in [4.69, 9.17) is 0 Å². The van der Waals surface area contributed by atoms with Gasteiger partial charge in [0.2, 0.25) is 5.91 Å². The van der Waals surface area contributed by atoms with Crippen LogP contribution < -0.4 is 10.6 Å². The molecule has 1 amide bonds. The first-order valence-electron chi connectivity index (χ1n) is 5.94. The number of carbonyl (C=O) groups is 1. The van der Waals surface area contributed by atoms with Crippen molar-refractivity contribution >= 4 is 17.3 Å². The topological polar surface area (TPSA) is 84.3 Å². The molecule has 0 bridgehead atoms. The highest BCUT2D eigenvalue weighted by Crippen LogP contribution is 2.26. The van der Waals surface area contributed by atoms with Crippen LogP contribution in [0.1, 0.15) is 6.92 Å². The van der Waals surface area contributed by atoms with E-state index in [0.29, 0.717) is 6.54 Å². The molecule has 0 radical (unpaired) electrons. The Hall–Kier alpha value is -2.02. The number of nitrogens with zero attached hydrogens (tertiary/aromatic N) is 1. The predicted octanol–water partition coefficient (Wildman–Crippen LogP) is 1.53. The van der Waals surface area contributed by atoms with Crippen molar-refractivity contribution in [2.75, 3.05) is 18.4 Å². The van der Waals surface area contributed by atoms with E-state index in [1.807, 2.05) is 6.92 Å². The lowest BCUT2D eigenvalue weighted by atomic mass is 9.97. The monoisotopic (exact) mass is 267 g/mol. The quantitative estimate of drug-likeness (QED) is 0.642. The maximum atomic E-state index is 13.0. The molecular formula is C12H14FN3O3. The molecule has 1 aliphatic heterocycles. The third-order valence-corrected chi connectivity index (χ3v) is 3.27. The fourth-order valence-corrected chi connectivity index (χ4v) is 2.15. The van der Waals surface area contributed by atoms with Crippen molar-refractivity contribution in [2.45, 2.75) is 6.92 Å². The molecular weight excluding hydrogens is 253 g/mol. The second-order valence-electron chi connectivity index (χ2n) is 4.65. The number of carbonyl (C=O) groups excluding carboxylic acids is 1. The minimum Gasteiger partial charge on any atom is -0.320 e. The van der Waals surface area contributed by atoms with E-state index in [2.05, 4.69) is 10.6 Å². The van der Waals surface area contributed by atoms with E-state index in [1.165, 1.54) is 6.07 Å². The summed E-state index contributed by atoms with van der Waals surface area (Å²) in [5.41, 5.74) is -0.414. The summed E-state index contributed by atoms with van der Waals surface area (Å²) < 4.78 is 13.0. The Morgan fingerprint density at radius 1 is 1.53 bits per heavy atom. The number of amides is 1. The van der Waals surface area contributed by atoms with Crippen molar-refractivity contribution in [3.8, 4) is 0 Å². The largest absolute Gasteiger partial charge is 0.320 e. The van der Waals surface area contributed by atoms with Crippen LogP contribution in [0.4, 0.5) is 15.8 Å². The van der Waals surface area contributed by atoms with Gasteiger partial charge in [-0.1, -0.05) is 6.92 Å². The van der Waals surface area contributed by atoms with Gasteiger partial charge < -0.3 is 10.6 Å². The molecule has 0 aromatic heterocycles. The highest BCUT2D eigenvalue weighted by Gasteiger charge is 2.30. The third kappa shape index (κ3) is 2.87. The molecule has 2 atom stereocenters. The van der Waals surface area contributed by atoms with Crippen molar-refractivity contribution in [1.29, 1.82) is 0 Å². The van der Waals surface area contributed by atoms with Crippen molar-refractivity contribution in [3.63, 3.8) is 0 Å². The number of nitro benzene ring substituents is 1. The zero-order valence-electron chi connectivity index (χ0n) is 10.4. The van der Waals surface area contributed by atoms with Gasteiger partial charge in [0.25, 0.3) is 5.69 Å². The summed E-state index contributed by atoms with van der Waals surface area (Å²) in [6.45, 7) is 3.22. The summed E-state index contributed by atoms with van der Waals surface area (Å²) in [6.07, 6.45) is 0. The molecule has 2 N–H and O–H groups in total. The highest BCUT2D eigenvalue weighted by atomic mass is 19.1. The average molecular weight is 267 g/mol. The fraction of sp³-hybridized carbons (Fsp3) is 0.417. The van der Waals surface area contributed by atoms with Gasteiger partial charge in [-0.3, -0.25) is 14.9 Å². The molecule has 1 aromatic rings. The lowest BCUT2D eigenvalue weighted by Crippen LogP contribution is -2.28. The van der Waals surface area contributed by atoms with Gasteiger partial charge in [0.15, 0.2) is 0 Å². The molecule has 1 heterocycles. The van der Waals surface area contributed by atoms with Crippen LogP contribution in [-0.2, 0) is 4.79 Å². The number of nitro groups is 1. The van der Waals surface area contributed by atoms with Crippen LogP contribution in [0.3, 0.4) is 0 Å². The SMILES string of the molecule is CC1CNCC1C(=O)Nc1ccc(F)cc1[N+](=O)[O-]. The number of hydrogen-bond donors (Lipinski definition) is 2. The van der Waals surface area contributed by atoms with Crippen LogP contribution in [0.5, 0.6) is 0 Å². The summed E-state index contributed by atoms with van der Waals surface area (Å²) >= 11 is 0. The number of anilines is 1. The van der Waals surface area contributed by atoms with Crippen LogP contribution >= 0.6 is 0 Å². The zero-order valence-corrected chi connectivity index (χ0v) is 10.4. The van der Waals surface area contributed by atoms with Gasteiger partial charge in [0.05, 0.1) is 16.9 Å². The van der Waals surface area contributed by atoms with Gasteiger partial charge in [-0.05, 0) is 24.6 Å². The molecule has 6 nitrogen and oxygen atoms in total. The molecule has 0 saturated carbocycles. The standard InChI is InChI=1S/C12H14FN3O3/c1-7-5-14-6-9(7)12(17)15-10-3-2-8(13)4-11(10)16(18)19/h2-4,7,9,14H,5-6H2,1H3,(H,15,17). The molecule has 0 aliphatic carbocycles. The van der Waals surface area contributed by atoms with E-state index in [0.717, 1.165) is 18.7 Å². The van der Waals surface area contributed by atoms with Crippen LogP contribution in [0.15, 0.2) is 18.2 Å². The Balaban J connectivity index is 2.19. The van der Waals surface area contributed by atoms with Gasteiger partial charge in [0.1, 0.15) is 11.5 Å². The van der Waals surface area contributed by atoms with Crippen molar-refractivity contribution < 1.29 is 14.1 Å². The van der Waals surface area contributed by atoms with Gasteiger partial charge in [-0.25, -0.2) is 4.39 Å². The van der Waals surface area contributed by atoms with Crippen LogP contribution in [0.2, 0.25) is 0 Å². The Kier molecular flexibility index (Phi) is 3.75. The summed E-state index contributed by atoms with van der Waals surface area (Å²) in [6, 6.07) is 3.09. The predicted molar refractivity (Wildman–Crippen MR) is 67.2 cm³/mol. The molecule has 1 aromatic carbocycles. The summed E-state index contributed by atoms with van der Waals surface area (Å²) in [4.78, 5) is 22.1. The molecule has 1 aliphatic rings. The van der Waals surface area contributed by atoms with Gasteiger partial charge >= 0.3 is 0 Å². The summed E-state index contributed by atoms with van der Waals surface area (Å²) in [5.74, 6) is -1.06. The maximum Gasteiger partial charge on any atom is 0.295 e. The molecule has 102 valence electrons. The molecule has 0 spiro atoms. The lowest BCUT2D eigenvalue weighted by Gasteiger charge is -2.14. The van der Waals surface area contributed by atoms with Crippen LogP contribution in [0, 0.1) is 27.8 Å². The maximum absolute atomic E-state index is 13.0. The molecule has 19 heavy (non-hydrogen) atoms. The van der Waals surface area contributed by atoms with E-state index < -0.39 is 16.4 Å². The summed E-state index contributed by atoms with van der Waals surface area (Å²) in [5, 5.41) is 16.4. The number of halogens is 1. The minimum absolute atomic E-state index is 0.0236. The van der Waals surface area contributed by atoms with Crippen molar-refractivity contribution in [2.24, 2.45) is 11.8 Å². The minimum atomic E-state index is -0.713. The first-order valence-corrected chi connectivity index (χ1v) is 5.94.